The van der Waals surface area contributed by atoms with Crippen molar-refractivity contribution in [3.63, 3.8) is 0 Å². The van der Waals surface area contributed by atoms with Gasteiger partial charge in [-0.1, -0.05) is 0 Å². The fraction of sp³-hybridized carbons (Fsp3) is 0.917. The molecule has 3 fully saturated rings. The highest BCUT2D eigenvalue weighted by Gasteiger charge is 2.50. The summed E-state index contributed by atoms with van der Waals surface area (Å²) in [6, 6.07) is 0.478. The Labute approximate surface area is 96.3 Å². The molecule has 0 aromatic carbocycles. The molecule has 0 bridgehead atoms. The number of cyclic esters (lactones) is 1. The van der Waals surface area contributed by atoms with E-state index in [2.05, 4.69) is 12.2 Å². The average Bonchev–Trinajstić information content (AvgIpc) is 3.07. The van der Waals surface area contributed by atoms with E-state index in [9.17, 15) is 4.79 Å². The minimum Gasteiger partial charge on any atom is -0.441 e. The molecule has 1 N–H and O–H groups in total. The van der Waals surface area contributed by atoms with Crippen LogP contribution >= 0.6 is 0 Å². The van der Waals surface area contributed by atoms with Crippen molar-refractivity contribution < 1.29 is 9.53 Å². The van der Waals surface area contributed by atoms with Crippen LogP contribution in [-0.2, 0) is 4.74 Å². The molecule has 2 saturated heterocycles. The van der Waals surface area contributed by atoms with Gasteiger partial charge in [-0.05, 0) is 39.2 Å². The molecule has 2 atom stereocenters. The van der Waals surface area contributed by atoms with Crippen molar-refractivity contribution >= 4 is 6.09 Å². The zero-order chi connectivity index (χ0) is 11.2. The Morgan fingerprint density at radius 3 is 2.88 bits per heavy atom. The third-order valence-corrected chi connectivity index (χ3v) is 4.19. The summed E-state index contributed by atoms with van der Waals surface area (Å²) in [5, 5.41) is 3.40. The van der Waals surface area contributed by atoms with Crippen LogP contribution in [0.2, 0.25) is 0 Å². The highest BCUT2D eigenvalue weighted by atomic mass is 16.6. The Kier molecular flexibility index (Phi) is 2.35. The van der Waals surface area contributed by atoms with Gasteiger partial charge in [0, 0.05) is 18.5 Å². The molecule has 2 heterocycles. The number of amides is 1. The van der Waals surface area contributed by atoms with Crippen LogP contribution in [0.5, 0.6) is 0 Å². The van der Waals surface area contributed by atoms with E-state index in [0.717, 1.165) is 32.5 Å². The molecule has 90 valence electrons. The summed E-state index contributed by atoms with van der Waals surface area (Å²) < 4.78 is 5.65. The third-order valence-electron chi connectivity index (χ3n) is 4.19. The summed E-state index contributed by atoms with van der Waals surface area (Å²) in [5.41, 5.74) is -0.257. The predicted molar refractivity (Wildman–Crippen MR) is 60.2 cm³/mol. The van der Waals surface area contributed by atoms with E-state index in [1.165, 1.54) is 12.8 Å². The second-order valence-electron chi connectivity index (χ2n) is 5.58. The van der Waals surface area contributed by atoms with E-state index >= 15 is 0 Å². The van der Waals surface area contributed by atoms with Gasteiger partial charge in [-0.3, -0.25) is 0 Å². The van der Waals surface area contributed by atoms with Crippen molar-refractivity contribution in [2.24, 2.45) is 5.92 Å². The first-order valence-corrected chi connectivity index (χ1v) is 6.39. The molecule has 16 heavy (non-hydrogen) atoms. The molecular formula is C12H20N2O2. The van der Waals surface area contributed by atoms with Gasteiger partial charge in [0.05, 0.1) is 6.54 Å². The number of carbonyl (C=O) groups excluding carboxylic acids is 1. The van der Waals surface area contributed by atoms with Gasteiger partial charge in [0.25, 0.3) is 0 Å². The van der Waals surface area contributed by atoms with Crippen LogP contribution in [-0.4, -0.2) is 42.3 Å². The fourth-order valence-corrected chi connectivity index (χ4v) is 2.94. The lowest BCUT2D eigenvalue weighted by molar-refractivity contribution is 0.0121. The van der Waals surface area contributed by atoms with Gasteiger partial charge in [0.1, 0.15) is 5.60 Å². The molecule has 0 aromatic heterocycles. The Morgan fingerprint density at radius 2 is 2.25 bits per heavy atom. The minimum atomic E-state index is -0.257. The second-order valence-corrected chi connectivity index (χ2v) is 5.58. The zero-order valence-corrected chi connectivity index (χ0v) is 9.87. The van der Waals surface area contributed by atoms with E-state index in [1.54, 1.807) is 0 Å². The van der Waals surface area contributed by atoms with Crippen LogP contribution in [0.25, 0.3) is 0 Å². The number of hydrogen-bond donors (Lipinski definition) is 1. The lowest BCUT2D eigenvalue weighted by Gasteiger charge is -2.34. The normalized spacial score (nSPS) is 39.9. The van der Waals surface area contributed by atoms with Crippen LogP contribution in [0.4, 0.5) is 4.79 Å². The van der Waals surface area contributed by atoms with Crippen molar-refractivity contribution in [2.75, 3.05) is 19.6 Å². The van der Waals surface area contributed by atoms with Crippen molar-refractivity contribution in [3.05, 3.63) is 0 Å². The molecular weight excluding hydrogens is 204 g/mol. The third kappa shape index (κ3) is 1.69. The van der Waals surface area contributed by atoms with Gasteiger partial charge in [-0.25, -0.2) is 4.79 Å². The molecule has 3 aliphatic rings. The summed E-state index contributed by atoms with van der Waals surface area (Å²) in [4.78, 5) is 13.7. The van der Waals surface area contributed by atoms with Crippen LogP contribution in [0.3, 0.4) is 0 Å². The summed E-state index contributed by atoms with van der Waals surface area (Å²) in [7, 11) is 0. The number of ether oxygens (including phenoxy) is 1. The van der Waals surface area contributed by atoms with Crippen LogP contribution < -0.4 is 5.32 Å². The molecule has 0 aromatic rings. The van der Waals surface area contributed by atoms with E-state index in [0.29, 0.717) is 12.0 Å². The highest BCUT2D eigenvalue weighted by Crippen LogP contribution is 2.39. The number of rotatable bonds is 2. The predicted octanol–water partition coefficient (Wildman–Crippen LogP) is 1.36. The zero-order valence-electron chi connectivity index (χ0n) is 9.87. The summed E-state index contributed by atoms with van der Waals surface area (Å²) in [6.45, 7) is 4.99. The number of nitrogens with one attached hydrogen (secondary N) is 1. The summed E-state index contributed by atoms with van der Waals surface area (Å²) in [5.74, 6) is 0.481. The maximum Gasteiger partial charge on any atom is 0.410 e. The maximum atomic E-state index is 11.8. The van der Waals surface area contributed by atoms with E-state index in [-0.39, 0.29) is 11.7 Å². The van der Waals surface area contributed by atoms with Gasteiger partial charge < -0.3 is 15.0 Å². The van der Waals surface area contributed by atoms with Crippen molar-refractivity contribution in [2.45, 2.75) is 44.2 Å². The SMILES string of the molecule is CC1(C2CCCNC2)CN(C2CC2)C(=O)O1. The minimum absolute atomic E-state index is 0.0874. The fourth-order valence-electron chi connectivity index (χ4n) is 2.94. The van der Waals surface area contributed by atoms with Gasteiger partial charge in [-0.15, -0.1) is 0 Å². The van der Waals surface area contributed by atoms with E-state index < -0.39 is 0 Å². The number of hydrogen-bond acceptors (Lipinski definition) is 3. The number of carbonyl (C=O) groups is 1. The molecule has 1 amide bonds. The van der Waals surface area contributed by atoms with Gasteiger partial charge in [0.2, 0.25) is 0 Å². The van der Waals surface area contributed by atoms with Crippen LogP contribution in [0.15, 0.2) is 0 Å². The van der Waals surface area contributed by atoms with E-state index in [4.69, 9.17) is 4.74 Å². The number of nitrogens with zero attached hydrogens (tertiary/aromatic N) is 1. The smallest absolute Gasteiger partial charge is 0.410 e. The maximum absolute atomic E-state index is 11.8. The topological polar surface area (TPSA) is 41.6 Å². The summed E-state index contributed by atoms with van der Waals surface area (Å²) in [6.07, 6.45) is 4.61. The molecule has 3 rings (SSSR count). The van der Waals surface area contributed by atoms with Crippen LogP contribution in [0, 0.1) is 5.92 Å². The van der Waals surface area contributed by atoms with Gasteiger partial charge >= 0.3 is 6.09 Å². The lowest BCUT2D eigenvalue weighted by atomic mass is 9.83. The highest BCUT2D eigenvalue weighted by molar-refractivity contribution is 5.71. The number of piperidine rings is 1. The van der Waals surface area contributed by atoms with Crippen molar-refractivity contribution in [1.82, 2.24) is 10.2 Å². The van der Waals surface area contributed by atoms with Crippen molar-refractivity contribution in [1.29, 1.82) is 0 Å². The largest absolute Gasteiger partial charge is 0.441 e. The average molecular weight is 224 g/mol. The Morgan fingerprint density at radius 1 is 1.44 bits per heavy atom. The Bertz CT molecular complexity index is 297. The molecule has 2 aliphatic heterocycles. The Balaban J connectivity index is 1.70. The molecule has 0 spiro atoms. The molecule has 1 aliphatic carbocycles. The quantitative estimate of drug-likeness (QED) is 0.770. The molecule has 1 saturated carbocycles. The molecule has 4 nitrogen and oxygen atoms in total. The molecule has 2 unspecified atom stereocenters. The monoisotopic (exact) mass is 224 g/mol. The van der Waals surface area contributed by atoms with Gasteiger partial charge in [-0.2, -0.15) is 0 Å². The lowest BCUT2D eigenvalue weighted by Crippen LogP contribution is -2.47. The first kappa shape index (κ1) is 10.4. The first-order chi connectivity index (χ1) is 7.69. The van der Waals surface area contributed by atoms with Gasteiger partial charge in [0.15, 0.2) is 0 Å². The van der Waals surface area contributed by atoms with E-state index in [1.807, 2.05) is 4.90 Å². The first-order valence-electron chi connectivity index (χ1n) is 6.39. The van der Waals surface area contributed by atoms with Crippen molar-refractivity contribution in [3.8, 4) is 0 Å². The molecule has 0 radical (unpaired) electrons. The second kappa shape index (κ2) is 3.62. The molecule has 4 heteroatoms. The standard InChI is InChI=1S/C12H20N2O2/c1-12(9-3-2-6-13-7-9)8-14(10-4-5-10)11(15)16-12/h9-10,13H,2-8H2,1H3. The summed E-state index contributed by atoms with van der Waals surface area (Å²) >= 11 is 0. The Hall–Kier alpha value is -0.770. The van der Waals surface area contributed by atoms with Crippen LogP contribution in [0.1, 0.15) is 32.6 Å².